The SMILES string of the molecule is CC(CN)c1ccccc1N(C)C(N)=O. The van der Waals surface area contributed by atoms with Crippen molar-refractivity contribution in [3.8, 4) is 0 Å². The van der Waals surface area contributed by atoms with E-state index in [4.69, 9.17) is 11.5 Å². The lowest BCUT2D eigenvalue weighted by atomic mass is 9.99. The van der Waals surface area contributed by atoms with Gasteiger partial charge in [-0.25, -0.2) is 4.79 Å². The van der Waals surface area contributed by atoms with Gasteiger partial charge >= 0.3 is 6.03 Å². The number of carbonyl (C=O) groups excluding carboxylic acids is 1. The minimum atomic E-state index is -0.466. The van der Waals surface area contributed by atoms with Crippen LogP contribution >= 0.6 is 0 Å². The van der Waals surface area contributed by atoms with Crippen LogP contribution in [-0.2, 0) is 0 Å². The van der Waals surface area contributed by atoms with Crippen LogP contribution in [0.5, 0.6) is 0 Å². The third-order valence-corrected chi connectivity index (χ3v) is 2.51. The lowest BCUT2D eigenvalue weighted by molar-refractivity contribution is 0.255. The summed E-state index contributed by atoms with van der Waals surface area (Å²) in [4.78, 5) is 12.5. The van der Waals surface area contributed by atoms with Crippen LogP contribution in [0.4, 0.5) is 10.5 Å². The molecule has 0 radical (unpaired) electrons. The second-order valence-electron chi connectivity index (χ2n) is 3.59. The first-order valence-electron chi connectivity index (χ1n) is 4.90. The fraction of sp³-hybridized carbons (Fsp3) is 0.364. The van der Waals surface area contributed by atoms with Crippen LogP contribution in [0.2, 0.25) is 0 Å². The van der Waals surface area contributed by atoms with Gasteiger partial charge in [0.2, 0.25) is 0 Å². The van der Waals surface area contributed by atoms with Crippen molar-refractivity contribution in [2.45, 2.75) is 12.8 Å². The summed E-state index contributed by atoms with van der Waals surface area (Å²) in [7, 11) is 1.66. The fourth-order valence-electron chi connectivity index (χ4n) is 1.46. The molecule has 0 saturated heterocycles. The maximum absolute atomic E-state index is 11.1. The number of benzene rings is 1. The number of nitrogens with two attached hydrogens (primary N) is 2. The zero-order valence-corrected chi connectivity index (χ0v) is 9.10. The summed E-state index contributed by atoms with van der Waals surface area (Å²) in [6.45, 7) is 2.57. The predicted molar refractivity (Wildman–Crippen MR) is 61.9 cm³/mol. The van der Waals surface area contributed by atoms with Crippen LogP contribution in [0.25, 0.3) is 0 Å². The zero-order valence-electron chi connectivity index (χ0n) is 9.10. The van der Waals surface area contributed by atoms with E-state index in [1.165, 1.54) is 4.90 Å². The third kappa shape index (κ3) is 2.47. The molecule has 82 valence electrons. The molecule has 0 aliphatic carbocycles. The Morgan fingerprint density at radius 1 is 1.47 bits per heavy atom. The molecule has 0 heterocycles. The number of amides is 2. The first-order valence-corrected chi connectivity index (χ1v) is 4.90. The Balaban J connectivity index is 3.11. The molecule has 2 amide bonds. The topological polar surface area (TPSA) is 72.3 Å². The van der Waals surface area contributed by atoms with Gasteiger partial charge < -0.3 is 11.5 Å². The van der Waals surface area contributed by atoms with Gasteiger partial charge in [0.05, 0.1) is 0 Å². The molecule has 0 spiro atoms. The highest BCUT2D eigenvalue weighted by Crippen LogP contribution is 2.25. The molecule has 1 atom stereocenters. The van der Waals surface area contributed by atoms with Crippen molar-refractivity contribution in [2.24, 2.45) is 11.5 Å². The number of hydrogen-bond acceptors (Lipinski definition) is 2. The number of hydrogen-bond donors (Lipinski definition) is 2. The van der Waals surface area contributed by atoms with E-state index in [2.05, 4.69) is 0 Å². The molecule has 4 heteroatoms. The van der Waals surface area contributed by atoms with Gasteiger partial charge in [0.15, 0.2) is 0 Å². The summed E-state index contributed by atoms with van der Waals surface area (Å²) in [5.41, 5.74) is 12.7. The first kappa shape index (κ1) is 11.5. The Labute approximate surface area is 89.9 Å². The number of nitrogens with zero attached hydrogens (tertiary/aromatic N) is 1. The number of primary amides is 1. The molecule has 1 aromatic carbocycles. The number of carbonyl (C=O) groups is 1. The van der Waals surface area contributed by atoms with E-state index in [1.807, 2.05) is 31.2 Å². The molecule has 1 aromatic rings. The molecule has 4 nitrogen and oxygen atoms in total. The summed E-state index contributed by atoms with van der Waals surface area (Å²) in [5.74, 6) is 0.211. The van der Waals surface area contributed by atoms with E-state index in [0.717, 1.165) is 11.3 Å². The van der Waals surface area contributed by atoms with E-state index >= 15 is 0 Å². The Kier molecular flexibility index (Phi) is 3.68. The van der Waals surface area contributed by atoms with E-state index in [1.54, 1.807) is 7.05 Å². The standard InChI is InChI=1S/C11H17N3O/c1-8(7-12)9-5-3-4-6-10(9)14(2)11(13)15/h3-6,8H,7,12H2,1-2H3,(H2,13,15). The lowest BCUT2D eigenvalue weighted by Crippen LogP contribution is -2.32. The second-order valence-corrected chi connectivity index (χ2v) is 3.59. The van der Waals surface area contributed by atoms with Crippen LogP contribution in [0.15, 0.2) is 24.3 Å². The second kappa shape index (κ2) is 4.79. The van der Waals surface area contributed by atoms with Crippen LogP contribution < -0.4 is 16.4 Å². The van der Waals surface area contributed by atoms with Crippen molar-refractivity contribution in [3.05, 3.63) is 29.8 Å². The largest absolute Gasteiger partial charge is 0.351 e. The highest BCUT2D eigenvalue weighted by molar-refractivity contribution is 5.91. The maximum Gasteiger partial charge on any atom is 0.319 e. The lowest BCUT2D eigenvalue weighted by Gasteiger charge is -2.21. The molecule has 0 bridgehead atoms. The van der Waals surface area contributed by atoms with Gasteiger partial charge in [-0.15, -0.1) is 0 Å². The maximum atomic E-state index is 11.1. The first-order chi connectivity index (χ1) is 7.07. The molecule has 0 aromatic heterocycles. The van der Waals surface area contributed by atoms with Gasteiger partial charge in [-0.05, 0) is 24.1 Å². The van der Waals surface area contributed by atoms with E-state index in [0.29, 0.717) is 6.54 Å². The van der Waals surface area contributed by atoms with Crippen molar-refractivity contribution in [2.75, 3.05) is 18.5 Å². The third-order valence-electron chi connectivity index (χ3n) is 2.51. The van der Waals surface area contributed by atoms with Gasteiger partial charge in [-0.2, -0.15) is 0 Å². The summed E-state index contributed by atoms with van der Waals surface area (Å²) in [6.07, 6.45) is 0. The van der Waals surface area contributed by atoms with E-state index in [-0.39, 0.29) is 5.92 Å². The number of urea groups is 1. The van der Waals surface area contributed by atoms with Gasteiger partial charge in [0.25, 0.3) is 0 Å². The van der Waals surface area contributed by atoms with E-state index in [9.17, 15) is 4.79 Å². The van der Waals surface area contributed by atoms with Gasteiger partial charge in [0.1, 0.15) is 0 Å². The van der Waals surface area contributed by atoms with Gasteiger partial charge in [-0.1, -0.05) is 25.1 Å². The van der Waals surface area contributed by atoms with Crippen molar-refractivity contribution in [1.29, 1.82) is 0 Å². The Hall–Kier alpha value is -1.55. The molecule has 4 N–H and O–H groups in total. The quantitative estimate of drug-likeness (QED) is 0.783. The molecule has 0 aliphatic rings. The smallest absolute Gasteiger partial charge is 0.319 e. The molecular weight excluding hydrogens is 190 g/mol. The van der Waals surface area contributed by atoms with Crippen LogP contribution in [0.3, 0.4) is 0 Å². The van der Waals surface area contributed by atoms with Crippen molar-refractivity contribution < 1.29 is 4.79 Å². The molecule has 0 aliphatic heterocycles. The zero-order chi connectivity index (χ0) is 11.4. The van der Waals surface area contributed by atoms with Gasteiger partial charge in [0, 0.05) is 12.7 Å². The number of anilines is 1. The molecular formula is C11H17N3O. The van der Waals surface area contributed by atoms with Crippen molar-refractivity contribution in [1.82, 2.24) is 0 Å². The van der Waals surface area contributed by atoms with Crippen LogP contribution in [-0.4, -0.2) is 19.6 Å². The molecule has 15 heavy (non-hydrogen) atoms. The minimum Gasteiger partial charge on any atom is -0.351 e. The van der Waals surface area contributed by atoms with Gasteiger partial charge in [-0.3, -0.25) is 4.90 Å². The van der Waals surface area contributed by atoms with Crippen molar-refractivity contribution >= 4 is 11.7 Å². The summed E-state index contributed by atoms with van der Waals surface area (Å²) >= 11 is 0. The highest BCUT2D eigenvalue weighted by Gasteiger charge is 2.14. The number of rotatable bonds is 3. The average molecular weight is 207 g/mol. The Bertz CT molecular complexity index is 351. The van der Waals surface area contributed by atoms with Crippen LogP contribution in [0, 0.1) is 0 Å². The average Bonchev–Trinajstić information content (AvgIpc) is 2.27. The minimum absolute atomic E-state index is 0.211. The summed E-state index contributed by atoms with van der Waals surface area (Å²) in [5, 5.41) is 0. The molecule has 1 unspecified atom stereocenters. The molecule has 0 saturated carbocycles. The Morgan fingerprint density at radius 2 is 2.07 bits per heavy atom. The van der Waals surface area contributed by atoms with Crippen LogP contribution in [0.1, 0.15) is 18.4 Å². The predicted octanol–water partition coefficient (Wildman–Crippen LogP) is 1.26. The highest BCUT2D eigenvalue weighted by atomic mass is 16.2. The molecule has 0 fully saturated rings. The normalized spacial score (nSPS) is 12.2. The summed E-state index contributed by atoms with van der Waals surface area (Å²) < 4.78 is 0. The number of para-hydroxylation sites is 1. The molecule has 1 rings (SSSR count). The van der Waals surface area contributed by atoms with E-state index < -0.39 is 6.03 Å². The fourth-order valence-corrected chi connectivity index (χ4v) is 1.46. The monoisotopic (exact) mass is 207 g/mol. The van der Waals surface area contributed by atoms with Crippen molar-refractivity contribution in [3.63, 3.8) is 0 Å². The Morgan fingerprint density at radius 3 is 2.60 bits per heavy atom. The summed E-state index contributed by atoms with van der Waals surface area (Å²) in [6, 6.07) is 7.17.